The molecule has 0 radical (unpaired) electrons. The Kier molecular flexibility index (Phi) is 5.29. The summed E-state index contributed by atoms with van der Waals surface area (Å²) in [5.74, 6) is 1.36. The summed E-state index contributed by atoms with van der Waals surface area (Å²) < 4.78 is 11.4. The van der Waals surface area contributed by atoms with E-state index < -0.39 is 0 Å². The number of ether oxygens (including phenoxy) is 1. The highest BCUT2D eigenvalue weighted by molar-refractivity contribution is 5.79. The summed E-state index contributed by atoms with van der Waals surface area (Å²) in [4.78, 5) is 15.1. The fraction of sp³-hybridized carbons (Fsp3) is 0.550. The molecule has 0 aliphatic carbocycles. The van der Waals surface area contributed by atoms with Crippen molar-refractivity contribution in [2.75, 3.05) is 19.8 Å². The molecule has 2 aromatic rings. The molecule has 2 aliphatic rings. The number of aromatic nitrogens is 2. The van der Waals surface area contributed by atoms with Crippen molar-refractivity contribution in [1.29, 1.82) is 0 Å². The van der Waals surface area contributed by atoms with Crippen LogP contribution in [0.5, 0.6) is 0 Å². The number of benzene rings is 1. The Balaban J connectivity index is 1.57. The third-order valence-corrected chi connectivity index (χ3v) is 5.35. The molecule has 6 heteroatoms. The maximum atomic E-state index is 13.1. The molecule has 1 atom stereocenters. The highest BCUT2D eigenvalue weighted by Crippen LogP contribution is 2.33. The van der Waals surface area contributed by atoms with Gasteiger partial charge in [-0.05, 0) is 37.8 Å². The van der Waals surface area contributed by atoms with Gasteiger partial charge in [-0.3, -0.25) is 4.79 Å². The van der Waals surface area contributed by atoms with Gasteiger partial charge < -0.3 is 14.1 Å². The van der Waals surface area contributed by atoms with Gasteiger partial charge in [0.05, 0.1) is 0 Å². The Bertz CT molecular complexity index is 725. The van der Waals surface area contributed by atoms with Crippen LogP contribution in [-0.2, 0) is 9.53 Å². The highest BCUT2D eigenvalue weighted by atomic mass is 16.5. The second-order valence-corrected chi connectivity index (χ2v) is 7.09. The number of amides is 1. The molecular formula is C20H25N3O3. The molecule has 0 spiro atoms. The summed E-state index contributed by atoms with van der Waals surface area (Å²) in [5, 5.41) is 8.52. The summed E-state index contributed by atoms with van der Waals surface area (Å²) in [5.41, 5.74) is 0.905. The lowest BCUT2D eigenvalue weighted by atomic mass is 9.97. The van der Waals surface area contributed by atoms with Crippen molar-refractivity contribution in [3.8, 4) is 11.5 Å². The average Bonchev–Trinajstić information content (AvgIpc) is 3.07. The zero-order valence-electron chi connectivity index (χ0n) is 15.0. The van der Waals surface area contributed by atoms with Gasteiger partial charge in [0.15, 0.2) is 0 Å². The van der Waals surface area contributed by atoms with E-state index in [1.807, 2.05) is 35.2 Å². The van der Waals surface area contributed by atoms with E-state index in [4.69, 9.17) is 9.15 Å². The molecule has 2 saturated heterocycles. The molecule has 26 heavy (non-hydrogen) atoms. The van der Waals surface area contributed by atoms with Crippen molar-refractivity contribution < 1.29 is 13.9 Å². The third kappa shape index (κ3) is 3.65. The first kappa shape index (κ1) is 17.2. The van der Waals surface area contributed by atoms with Crippen LogP contribution in [0.25, 0.3) is 11.5 Å². The SMILES string of the molecule is O=C(C1CCOCC1)N1CCCCCC1c1nnc(-c2ccccc2)o1. The molecule has 1 amide bonds. The molecule has 0 saturated carbocycles. The molecule has 0 bridgehead atoms. The van der Waals surface area contributed by atoms with Gasteiger partial charge in [-0.2, -0.15) is 0 Å². The molecule has 3 heterocycles. The minimum Gasteiger partial charge on any atom is -0.418 e. The van der Waals surface area contributed by atoms with Gasteiger partial charge in [-0.25, -0.2) is 0 Å². The molecule has 138 valence electrons. The van der Waals surface area contributed by atoms with Gasteiger partial charge in [-0.15, -0.1) is 10.2 Å². The van der Waals surface area contributed by atoms with Crippen LogP contribution in [0.3, 0.4) is 0 Å². The van der Waals surface area contributed by atoms with Crippen molar-refractivity contribution in [2.45, 2.75) is 44.6 Å². The summed E-state index contributed by atoms with van der Waals surface area (Å²) in [6.07, 6.45) is 5.73. The van der Waals surface area contributed by atoms with E-state index in [9.17, 15) is 4.79 Å². The van der Waals surface area contributed by atoms with Crippen LogP contribution in [0.1, 0.15) is 50.5 Å². The van der Waals surface area contributed by atoms with Crippen LogP contribution in [0.4, 0.5) is 0 Å². The number of nitrogens with zero attached hydrogens (tertiary/aromatic N) is 3. The largest absolute Gasteiger partial charge is 0.418 e. The highest BCUT2D eigenvalue weighted by Gasteiger charge is 2.35. The van der Waals surface area contributed by atoms with Crippen LogP contribution in [0, 0.1) is 5.92 Å². The molecule has 2 fully saturated rings. The number of carbonyl (C=O) groups excluding carboxylic acids is 1. The van der Waals surface area contributed by atoms with E-state index >= 15 is 0 Å². The number of likely N-dealkylation sites (tertiary alicyclic amines) is 1. The summed E-state index contributed by atoms with van der Waals surface area (Å²) >= 11 is 0. The number of rotatable bonds is 3. The van der Waals surface area contributed by atoms with E-state index in [0.717, 1.165) is 50.6 Å². The van der Waals surface area contributed by atoms with E-state index in [-0.39, 0.29) is 17.9 Å². The summed E-state index contributed by atoms with van der Waals surface area (Å²) in [6, 6.07) is 9.65. The predicted molar refractivity (Wildman–Crippen MR) is 96.2 cm³/mol. The van der Waals surface area contributed by atoms with E-state index in [1.165, 1.54) is 0 Å². The molecule has 1 aromatic carbocycles. The first-order chi connectivity index (χ1) is 12.8. The first-order valence-electron chi connectivity index (χ1n) is 9.60. The number of hydrogen-bond acceptors (Lipinski definition) is 5. The quantitative estimate of drug-likeness (QED) is 0.841. The Hall–Kier alpha value is -2.21. The maximum absolute atomic E-state index is 13.1. The number of carbonyl (C=O) groups is 1. The Morgan fingerprint density at radius 2 is 1.81 bits per heavy atom. The van der Waals surface area contributed by atoms with Crippen LogP contribution < -0.4 is 0 Å². The number of hydrogen-bond donors (Lipinski definition) is 0. The smallest absolute Gasteiger partial charge is 0.247 e. The fourth-order valence-electron chi connectivity index (χ4n) is 3.87. The molecule has 1 unspecified atom stereocenters. The van der Waals surface area contributed by atoms with Gasteiger partial charge in [-0.1, -0.05) is 31.0 Å². The lowest BCUT2D eigenvalue weighted by molar-refractivity contribution is -0.141. The topological polar surface area (TPSA) is 68.5 Å². The summed E-state index contributed by atoms with van der Waals surface area (Å²) in [6.45, 7) is 2.12. The maximum Gasteiger partial charge on any atom is 0.247 e. The average molecular weight is 355 g/mol. The Labute approximate surface area is 153 Å². The van der Waals surface area contributed by atoms with Gasteiger partial charge in [0.25, 0.3) is 0 Å². The lowest BCUT2D eigenvalue weighted by Crippen LogP contribution is -2.41. The monoisotopic (exact) mass is 355 g/mol. The molecule has 2 aliphatic heterocycles. The van der Waals surface area contributed by atoms with Gasteiger partial charge in [0, 0.05) is 31.2 Å². The standard InChI is InChI=1S/C20H25N3O3/c24-20(16-10-13-25-14-11-16)23-12-6-2-5-9-17(23)19-22-21-18(26-19)15-7-3-1-4-8-15/h1,3-4,7-8,16-17H,2,5-6,9-14H2. The van der Waals surface area contributed by atoms with Crippen molar-refractivity contribution in [3.63, 3.8) is 0 Å². The molecular weight excluding hydrogens is 330 g/mol. The Morgan fingerprint density at radius 1 is 1.00 bits per heavy atom. The van der Waals surface area contributed by atoms with Crippen LogP contribution >= 0.6 is 0 Å². The van der Waals surface area contributed by atoms with Crippen molar-refractivity contribution in [2.24, 2.45) is 5.92 Å². The van der Waals surface area contributed by atoms with E-state index in [2.05, 4.69) is 10.2 Å². The minimum absolute atomic E-state index is 0.0564. The van der Waals surface area contributed by atoms with Gasteiger partial charge in [0.1, 0.15) is 6.04 Å². The third-order valence-electron chi connectivity index (χ3n) is 5.35. The zero-order valence-corrected chi connectivity index (χ0v) is 15.0. The van der Waals surface area contributed by atoms with Gasteiger partial charge in [0.2, 0.25) is 17.7 Å². The van der Waals surface area contributed by atoms with Crippen molar-refractivity contribution in [1.82, 2.24) is 15.1 Å². The fourth-order valence-corrected chi connectivity index (χ4v) is 3.87. The van der Waals surface area contributed by atoms with Crippen LogP contribution in [0.2, 0.25) is 0 Å². The van der Waals surface area contributed by atoms with Crippen LogP contribution in [0.15, 0.2) is 34.7 Å². The first-order valence-corrected chi connectivity index (χ1v) is 9.60. The van der Waals surface area contributed by atoms with Crippen LogP contribution in [-0.4, -0.2) is 40.8 Å². The second-order valence-electron chi connectivity index (χ2n) is 7.09. The summed E-state index contributed by atoms with van der Waals surface area (Å²) in [7, 11) is 0. The van der Waals surface area contributed by atoms with E-state index in [0.29, 0.717) is 25.0 Å². The second kappa shape index (κ2) is 7.99. The molecule has 1 aromatic heterocycles. The van der Waals surface area contributed by atoms with E-state index in [1.54, 1.807) is 0 Å². The lowest BCUT2D eigenvalue weighted by Gasteiger charge is -2.32. The molecule has 4 rings (SSSR count). The molecule has 6 nitrogen and oxygen atoms in total. The van der Waals surface area contributed by atoms with Crippen molar-refractivity contribution >= 4 is 5.91 Å². The van der Waals surface area contributed by atoms with Gasteiger partial charge >= 0.3 is 0 Å². The minimum atomic E-state index is -0.113. The Morgan fingerprint density at radius 3 is 2.62 bits per heavy atom. The molecule has 0 N–H and O–H groups in total. The van der Waals surface area contributed by atoms with Crippen molar-refractivity contribution in [3.05, 3.63) is 36.2 Å². The zero-order chi connectivity index (χ0) is 17.8. The normalized spacial score (nSPS) is 22.2. The predicted octanol–water partition coefficient (Wildman–Crippen LogP) is 3.61.